The summed E-state index contributed by atoms with van der Waals surface area (Å²) < 4.78 is 28.8. The van der Waals surface area contributed by atoms with Crippen LogP contribution >= 0.6 is 0 Å². The Kier molecular flexibility index (Phi) is 4.56. The van der Waals surface area contributed by atoms with E-state index in [-0.39, 0.29) is 5.56 Å². The second-order valence-electron chi connectivity index (χ2n) is 6.53. The highest BCUT2D eigenvalue weighted by atomic mass is 19.1. The maximum atomic E-state index is 14.3. The van der Waals surface area contributed by atoms with Crippen LogP contribution in [0.1, 0.15) is 16.8 Å². The molecule has 0 fully saturated rings. The third kappa shape index (κ3) is 3.46. The van der Waals surface area contributed by atoms with Crippen LogP contribution < -0.4 is 10.9 Å². The fourth-order valence-electron chi connectivity index (χ4n) is 3.15. The van der Waals surface area contributed by atoms with E-state index < -0.39 is 17.2 Å². The van der Waals surface area contributed by atoms with Crippen LogP contribution in [0.2, 0.25) is 0 Å². The Bertz CT molecular complexity index is 1320. The van der Waals surface area contributed by atoms with Gasteiger partial charge in [0, 0.05) is 24.2 Å². The molecule has 4 aromatic rings. The van der Waals surface area contributed by atoms with Gasteiger partial charge < -0.3 is 10.3 Å². The van der Waals surface area contributed by atoms with E-state index in [4.69, 9.17) is 5.26 Å². The Labute approximate surface area is 164 Å². The summed E-state index contributed by atoms with van der Waals surface area (Å²) in [7, 11) is 0. The number of nitriles is 1. The number of nitrogens with zero attached hydrogens (tertiary/aromatic N) is 3. The molecule has 0 saturated carbocycles. The van der Waals surface area contributed by atoms with Crippen molar-refractivity contribution in [2.75, 3.05) is 5.32 Å². The largest absolute Gasteiger partial charge is 0.367 e. The van der Waals surface area contributed by atoms with Gasteiger partial charge in [0.25, 0.3) is 5.56 Å². The first kappa shape index (κ1) is 18.4. The van der Waals surface area contributed by atoms with Gasteiger partial charge in [-0.3, -0.25) is 4.79 Å². The number of H-pyrrole nitrogens is 1. The molecule has 8 heteroatoms. The molecule has 0 spiro atoms. The number of fused-ring (bicyclic) bond motifs is 1. The molecule has 0 radical (unpaired) electrons. The monoisotopic (exact) mass is 391 g/mol. The van der Waals surface area contributed by atoms with Crippen molar-refractivity contribution in [2.45, 2.75) is 13.5 Å². The summed E-state index contributed by atoms with van der Waals surface area (Å²) in [5, 5.41) is 16.2. The number of halogens is 2. The molecule has 144 valence electrons. The second-order valence-corrected chi connectivity index (χ2v) is 6.53. The molecular formula is C21H15F2N5O. The average Bonchev–Trinajstić information content (AvgIpc) is 3.03. The summed E-state index contributed by atoms with van der Waals surface area (Å²) in [6.07, 6.45) is 0. The molecule has 0 aliphatic rings. The van der Waals surface area contributed by atoms with Crippen molar-refractivity contribution >= 4 is 11.5 Å². The predicted molar refractivity (Wildman–Crippen MR) is 104 cm³/mol. The smallest absolute Gasteiger partial charge is 0.276 e. The first-order valence-electron chi connectivity index (χ1n) is 8.77. The Balaban J connectivity index is 1.73. The first-order valence-corrected chi connectivity index (χ1v) is 8.77. The molecule has 0 saturated heterocycles. The number of aryl methyl sites for hydroxylation is 1. The van der Waals surface area contributed by atoms with Crippen LogP contribution in [0.4, 0.5) is 14.6 Å². The Hall–Kier alpha value is -3.99. The van der Waals surface area contributed by atoms with Crippen molar-refractivity contribution in [3.63, 3.8) is 0 Å². The highest BCUT2D eigenvalue weighted by Crippen LogP contribution is 2.29. The molecule has 0 aliphatic heterocycles. The fraction of sp³-hybridized carbons (Fsp3) is 0.0952. The zero-order chi connectivity index (χ0) is 20.5. The van der Waals surface area contributed by atoms with Gasteiger partial charge in [-0.25, -0.2) is 8.78 Å². The van der Waals surface area contributed by atoms with E-state index in [2.05, 4.69) is 21.5 Å². The molecule has 2 heterocycles. The summed E-state index contributed by atoms with van der Waals surface area (Å²) in [6, 6.07) is 13.7. The number of benzene rings is 2. The fourth-order valence-corrected chi connectivity index (χ4v) is 3.15. The van der Waals surface area contributed by atoms with E-state index in [0.29, 0.717) is 34.8 Å². The number of anilines is 1. The van der Waals surface area contributed by atoms with Crippen LogP contribution in [0.25, 0.3) is 16.8 Å². The highest BCUT2D eigenvalue weighted by molar-refractivity contribution is 5.80. The Morgan fingerprint density at radius 3 is 2.62 bits per heavy atom. The van der Waals surface area contributed by atoms with Crippen molar-refractivity contribution in [3.8, 4) is 17.2 Å². The Morgan fingerprint density at radius 1 is 1.17 bits per heavy atom. The third-order valence-corrected chi connectivity index (χ3v) is 4.56. The molecule has 0 bridgehead atoms. The van der Waals surface area contributed by atoms with Gasteiger partial charge in [0.1, 0.15) is 23.1 Å². The molecule has 2 aromatic heterocycles. The minimum atomic E-state index is -0.736. The zero-order valence-corrected chi connectivity index (χ0v) is 15.3. The van der Waals surface area contributed by atoms with Gasteiger partial charge >= 0.3 is 0 Å². The maximum Gasteiger partial charge on any atom is 0.276 e. The number of aromatic nitrogens is 3. The summed E-state index contributed by atoms with van der Waals surface area (Å²) in [4.78, 5) is 15.5. The number of nitrogens with one attached hydrogen (secondary N) is 2. The van der Waals surface area contributed by atoms with Crippen LogP contribution in [0.15, 0.2) is 53.3 Å². The van der Waals surface area contributed by atoms with Crippen molar-refractivity contribution in [3.05, 3.63) is 87.3 Å². The maximum absolute atomic E-state index is 14.3. The molecule has 29 heavy (non-hydrogen) atoms. The molecule has 0 atom stereocenters. The standard InChI is InChI=1S/C21H15F2N5O/c1-12-20(16-7-6-15(22)8-17(16)23)21-26-18(9-19(29)28(21)27-12)25-11-14-4-2-13(10-24)3-5-14/h2-9,25-26H,11H2,1H3. The van der Waals surface area contributed by atoms with Gasteiger partial charge in [-0.1, -0.05) is 12.1 Å². The van der Waals surface area contributed by atoms with Crippen LogP contribution in [0, 0.1) is 29.9 Å². The van der Waals surface area contributed by atoms with E-state index in [1.807, 2.05) is 12.1 Å². The minimum Gasteiger partial charge on any atom is -0.367 e. The van der Waals surface area contributed by atoms with Crippen molar-refractivity contribution in [1.29, 1.82) is 5.26 Å². The average molecular weight is 391 g/mol. The lowest BCUT2D eigenvalue weighted by atomic mass is 10.1. The number of hydrogen-bond donors (Lipinski definition) is 2. The number of rotatable bonds is 4. The number of aromatic amines is 1. The van der Waals surface area contributed by atoms with E-state index in [0.717, 1.165) is 22.2 Å². The van der Waals surface area contributed by atoms with Crippen molar-refractivity contribution in [1.82, 2.24) is 14.6 Å². The SMILES string of the molecule is Cc1nn2c(=O)cc(NCc3ccc(C#N)cc3)[nH]c2c1-c1ccc(F)cc1F. The first-order chi connectivity index (χ1) is 14.0. The molecule has 0 aliphatic carbocycles. The van der Waals surface area contributed by atoms with Gasteiger partial charge in [-0.15, -0.1) is 0 Å². The topological polar surface area (TPSA) is 86.0 Å². The van der Waals surface area contributed by atoms with Gasteiger partial charge in [0.2, 0.25) is 0 Å². The molecule has 6 nitrogen and oxygen atoms in total. The summed E-state index contributed by atoms with van der Waals surface area (Å²) in [5.74, 6) is -0.992. The van der Waals surface area contributed by atoms with Crippen LogP contribution in [0.5, 0.6) is 0 Å². The normalized spacial score (nSPS) is 10.8. The van der Waals surface area contributed by atoms with Crippen LogP contribution in [0.3, 0.4) is 0 Å². The van der Waals surface area contributed by atoms with Crippen molar-refractivity contribution < 1.29 is 8.78 Å². The van der Waals surface area contributed by atoms with Gasteiger partial charge in [-0.05, 0) is 36.8 Å². The summed E-state index contributed by atoms with van der Waals surface area (Å²) >= 11 is 0. The lowest BCUT2D eigenvalue weighted by molar-refractivity contribution is 0.585. The van der Waals surface area contributed by atoms with E-state index in [1.54, 1.807) is 19.1 Å². The highest BCUT2D eigenvalue weighted by Gasteiger charge is 2.18. The van der Waals surface area contributed by atoms with Gasteiger partial charge in [0.05, 0.1) is 22.9 Å². The number of hydrogen-bond acceptors (Lipinski definition) is 4. The lowest BCUT2D eigenvalue weighted by Crippen LogP contribution is -2.16. The van der Waals surface area contributed by atoms with E-state index in [1.165, 1.54) is 12.1 Å². The second kappa shape index (κ2) is 7.20. The molecular weight excluding hydrogens is 376 g/mol. The predicted octanol–water partition coefficient (Wildman–Crippen LogP) is 3.76. The minimum absolute atomic E-state index is 0.152. The van der Waals surface area contributed by atoms with Gasteiger partial charge in [0.15, 0.2) is 0 Å². The lowest BCUT2D eigenvalue weighted by Gasteiger charge is -2.08. The van der Waals surface area contributed by atoms with E-state index >= 15 is 0 Å². The summed E-state index contributed by atoms with van der Waals surface area (Å²) in [6.45, 7) is 2.06. The third-order valence-electron chi connectivity index (χ3n) is 4.56. The zero-order valence-electron chi connectivity index (χ0n) is 15.3. The molecule has 4 rings (SSSR count). The van der Waals surface area contributed by atoms with Crippen LogP contribution in [-0.4, -0.2) is 14.6 Å². The van der Waals surface area contributed by atoms with E-state index in [9.17, 15) is 13.6 Å². The van der Waals surface area contributed by atoms with Crippen molar-refractivity contribution in [2.24, 2.45) is 0 Å². The quantitative estimate of drug-likeness (QED) is 0.555. The van der Waals surface area contributed by atoms with Crippen LogP contribution in [-0.2, 0) is 6.54 Å². The molecule has 2 aromatic carbocycles. The summed E-state index contributed by atoms with van der Waals surface area (Å²) in [5.41, 5.74) is 2.37. The molecule has 0 amide bonds. The van der Waals surface area contributed by atoms with Gasteiger partial charge in [-0.2, -0.15) is 14.9 Å². The molecule has 0 unspecified atom stereocenters. The Morgan fingerprint density at radius 2 is 1.93 bits per heavy atom. The molecule has 2 N–H and O–H groups in total.